The van der Waals surface area contributed by atoms with E-state index in [-0.39, 0.29) is 0 Å². The summed E-state index contributed by atoms with van der Waals surface area (Å²) in [6, 6.07) is 6.48. The van der Waals surface area contributed by atoms with Gasteiger partial charge in [-0.2, -0.15) is 0 Å². The van der Waals surface area contributed by atoms with E-state index in [2.05, 4.69) is 29.2 Å². The molecule has 0 aliphatic carbocycles. The van der Waals surface area contributed by atoms with Crippen molar-refractivity contribution in [3.63, 3.8) is 0 Å². The largest absolute Gasteiger partial charge is 0.401 e. The molecule has 0 aromatic heterocycles. The first-order valence-electron chi connectivity index (χ1n) is 4.67. The summed E-state index contributed by atoms with van der Waals surface area (Å²) in [4.78, 5) is 2.38. The summed E-state index contributed by atoms with van der Waals surface area (Å²) in [6.07, 6.45) is 3.27. The molecule has 1 aromatic carbocycles. The summed E-state index contributed by atoms with van der Waals surface area (Å²) in [6.45, 7) is 2.03. The van der Waals surface area contributed by atoms with Gasteiger partial charge in [-0.05, 0) is 23.6 Å². The van der Waals surface area contributed by atoms with Crippen molar-refractivity contribution in [3.05, 3.63) is 35.0 Å². The standard InChI is InChI=1S/C11H12N2/c12-10-6-9-3-1-2-8-4-5-13(7-10)11(8)9/h1-3,6H,4-5,7,12H2. The number of nitrogens with zero attached hydrogens (tertiary/aromatic N) is 1. The van der Waals surface area contributed by atoms with E-state index in [1.807, 2.05) is 0 Å². The monoisotopic (exact) mass is 172 g/mol. The van der Waals surface area contributed by atoms with Crippen molar-refractivity contribution in [2.75, 3.05) is 18.0 Å². The summed E-state index contributed by atoms with van der Waals surface area (Å²) < 4.78 is 0. The Morgan fingerprint density at radius 2 is 2.23 bits per heavy atom. The highest BCUT2D eigenvalue weighted by Crippen LogP contribution is 2.35. The quantitative estimate of drug-likeness (QED) is 0.640. The molecule has 0 amide bonds. The SMILES string of the molecule is NC1=Cc2cccc3c2N(CC3)C1. The lowest BCUT2D eigenvalue weighted by atomic mass is 10.0. The Hall–Kier alpha value is -1.44. The molecule has 2 heterocycles. The molecule has 2 N–H and O–H groups in total. The maximum Gasteiger partial charge on any atom is 0.0575 e. The highest BCUT2D eigenvalue weighted by molar-refractivity contribution is 5.77. The van der Waals surface area contributed by atoms with E-state index in [0.717, 1.165) is 18.8 Å². The average molecular weight is 172 g/mol. The molecule has 0 fully saturated rings. The van der Waals surface area contributed by atoms with Gasteiger partial charge >= 0.3 is 0 Å². The van der Waals surface area contributed by atoms with Crippen molar-refractivity contribution in [2.24, 2.45) is 5.73 Å². The van der Waals surface area contributed by atoms with Crippen LogP contribution in [0.5, 0.6) is 0 Å². The van der Waals surface area contributed by atoms with E-state index in [9.17, 15) is 0 Å². The van der Waals surface area contributed by atoms with Gasteiger partial charge in [0.25, 0.3) is 0 Å². The molecule has 0 saturated carbocycles. The molecule has 1 aromatic rings. The van der Waals surface area contributed by atoms with Crippen LogP contribution in [0.15, 0.2) is 23.9 Å². The third-order valence-corrected chi connectivity index (χ3v) is 2.83. The van der Waals surface area contributed by atoms with Gasteiger partial charge in [0, 0.05) is 17.9 Å². The highest BCUT2D eigenvalue weighted by Gasteiger charge is 2.24. The van der Waals surface area contributed by atoms with Gasteiger partial charge in [-0.15, -0.1) is 0 Å². The Morgan fingerprint density at radius 1 is 1.31 bits per heavy atom. The molecule has 0 unspecified atom stereocenters. The lowest BCUT2D eigenvalue weighted by Crippen LogP contribution is -2.28. The second-order valence-electron chi connectivity index (χ2n) is 3.75. The van der Waals surface area contributed by atoms with Gasteiger partial charge in [0.15, 0.2) is 0 Å². The van der Waals surface area contributed by atoms with Crippen LogP contribution in [0.3, 0.4) is 0 Å². The van der Waals surface area contributed by atoms with E-state index in [1.165, 1.54) is 23.2 Å². The minimum Gasteiger partial charge on any atom is -0.401 e. The van der Waals surface area contributed by atoms with Gasteiger partial charge in [0.1, 0.15) is 0 Å². The predicted molar refractivity (Wildman–Crippen MR) is 54.5 cm³/mol. The first-order chi connectivity index (χ1) is 6.34. The minimum atomic E-state index is 0.907. The van der Waals surface area contributed by atoms with Crippen molar-refractivity contribution >= 4 is 11.8 Å². The fourth-order valence-electron chi connectivity index (χ4n) is 2.31. The van der Waals surface area contributed by atoms with Gasteiger partial charge in [-0.1, -0.05) is 18.2 Å². The van der Waals surface area contributed by atoms with Gasteiger partial charge in [-0.25, -0.2) is 0 Å². The smallest absolute Gasteiger partial charge is 0.0575 e. The Kier molecular flexibility index (Phi) is 1.23. The Labute approximate surface area is 77.7 Å². The number of anilines is 1. The van der Waals surface area contributed by atoms with Crippen LogP contribution in [-0.4, -0.2) is 13.1 Å². The third-order valence-electron chi connectivity index (χ3n) is 2.83. The van der Waals surface area contributed by atoms with Crippen LogP contribution >= 0.6 is 0 Å². The zero-order valence-corrected chi connectivity index (χ0v) is 7.46. The number of para-hydroxylation sites is 1. The summed E-state index contributed by atoms with van der Waals surface area (Å²) in [5, 5.41) is 0. The van der Waals surface area contributed by atoms with Crippen LogP contribution in [0.25, 0.3) is 6.08 Å². The zero-order valence-electron chi connectivity index (χ0n) is 7.46. The van der Waals surface area contributed by atoms with Gasteiger partial charge in [0.05, 0.1) is 6.54 Å². The van der Waals surface area contributed by atoms with Gasteiger partial charge in [0.2, 0.25) is 0 Å². The summed E-state index contributed by atoms with van der Waals surface area (Å²) in [7, 11) is 0. The molecule has 0 spiro atoms. The Morgan fingerprint density at radius 3 is 3.15 bits per heavy atom. The molecule has 2 nitrogen and oxygen atoms in total. The van der Waals surface area contributed by atoms with Crippen LogP contribution in [0.1, 0.15) is 11.1 Å². The first kappa shape index (κ1) is 7.01. The molecule has 2 aliphatic heterocycles. The topological polar surface area (TPSA) is 29.3 Å². The van der Waals surface area contributed by atoms with Crippen molar-refractivity contribution in [3.8, 4) is 0 Å². The number of hydrogen-bond donors (Lipinski definition) is 1. The third kappa shape index (κ3) is 0.886. The number of rotatable bonds is 0. The van der Waals surface area contributed by atoms with Gasteiger partial charge in [-0.3, -0.25) is 0 Å². The molecule has 2 heteroatoms. The maximum absolute atomic E-state index is 5.86. The summed E-state index contributed by atoms with van der Waals surface area (Å²) in [5.41, 5.74) is 11.0. The van der Waals surface area contributed by atoms with Crippen LogP contribution < -0.4 is 10.6 Å². The highest BCUT2D eigenvalue weighted by atomic mass is 15.2. The fraction of sp³-hybridized carbons (Fsp3) is 0.273. The average Bonchev–Trinajstić information content (AvgIpc) is 2.50. The second-order valence-corrected chi connectivity index (χ2v) is 3.75. The summed E-state index contributed by atoms with van der Waals surface area (Å²) >= 11 is 0. The fourth-order valence-corrected chi connectivity index (χ4v) is 2.31. The Balaban J connectivity index is 2.27. The first-order valence-corrected chi connectivity index (χ1v) is 4.67. The van der Waals surface area contributed by atoms with Crippen LogP contribution in [0, 0.1) is 0 Å². The van der Waals surface area contributed by atoms with E-state index >= 15 is 0 Å². The van der Waals surface area contributed by atoms with Crippen molar-refractivity contribution in [1.29, 1.82) is 0 Å². The number of nitrogens with two attached hydrogens (primary N) is 1. The molecule has 13 heavy (non-hydrogen) atoms. The van der Waals surface area contributed by atoms with Gasteiger partial charge < -0.3 is 10.6 Å². The molecular weight excluding hydrogens is 160 g/mol. The number of benzene rings is 1. The van der Waals surface area contributed by atoms with E-state index in [0.29, 0.717) is 0 Å². The minimum absolute atomic E-state index is 0.907. The molecule has 0 saturated heterocycles. The summed E-state index contributed by atoms with van der Waals surface area (Å²) in [5.74, 6) is 0. The Bertz CT molecular complexity index is 393. The van der Waals surface area contributed by atoms with E-state index in [4.69, 9.17) is 5.73 Å². The lowest BCUT2D eigenvalue weighted by Gasteiger charge is -2.25. The van der Waals surface area contributed by atoms with Crippen LogP contribution in [-0.2, 0) is 6.42 Å². The molecule has 3 rings (SSSR count). The molecule has 0 bridgehead atoms. The molecular formula is C11H12N2. The lowest BCUT2D eigenvalue weighted by molar-refractivity contribution is 0.869. The number of hydrogen-bond acceptors (Lipinski definition) is 2. The maximum atomic E-state index is 5.86. The second kappa shape index (κ2) is 2.28. The zero-order chi connectivity index (χ0) is 8.84. The predicted octanol–water partition coefficient (Wildman–Crippen LogP) is 1.36. The van der Waals surface area contributed by atoms with Crippen LogP contribution in [0.2, 0.25) is 0 Å². The molecule has 0 radical (unpaired) electrons. The molecule has 66 valence electrons. The molecule has 2 aliphatic rings. The van der Waals surface area contributed by atoms with E-state index < -0.39 is 0 Å². The van der Waals surface area contributed by atoms with Crippen molar-refractivity contribution < 1.29 is 0 Å². The van der Waals surface area contributed by atoms with Crippen molar-refractivity contribution in [1.82, 2.24) is 0 Å². The van der Waals surface area contributed by atoms with E-state index in [1.54, 1.807) is 0 Å². The normalized spacial score (nSPS) is 18.5. The van der Waals surface area contributed by atoms with Crippen molar-refractivity contribution in [2.45, 2.75) is 6.42 Å². The van der Waals surface area contributed by atoms with Crippen LogP contribution in [0.4, 0.5) is 5.69 Å². The molecule has 0 atom stereocenters.